The molecule has 5 aliphatic rings. The number of pyridine rings is 1. The average molecular weight is 648 g/mol. The summed E-state index contributed by atoms with van der Waals surface area (Å²) < 4.78 is 54.3. The lowest BCUT2D eigenvalue weighted by molar-refractivity contribution is -0.188. The van der Waals surface area contributed by atoms with Crippen LogP contribution in [0, 0.1) is 34.3 Å². The van der Waals surface area contributed by atoms with E-state index in [1.54, 1.807) is 24.4 Å². The molecule has 13 heteroatoms. The summed E-state index contributed by atoms with van der Waals surface area (Å²) in [7, 11) is 3.31. The van der Waals surface area contributed by atoms with Crippen molar-refractivity contribution >= 4 is 18.0 Å². The van der Waals surface area contributed by atoms with Crippen molar-refractivity contribution in [3.8, 4) is 34.6 Å². The Morgan fingerprint density at radius 2 is 1.85 bits per heavy atom. The fraction of sp³-hybridized carbons (Fsp3) is 0.412. The number of hydrogen-bond donors (Lipinski definition) is 3. The second kappa shape index (κ2) is 11.5. The van der Waals surface area contributed by atoms with Crippen molar-refractivity contribution in [3.63, 3.8) is 0 Å². The summed E-state index contributed by atoms with van der Waals surface area (Å²) in [4.78, 5) is 23.2. The lowest BCUT2D eigenvalue weighted by atomic mass is 9.48. The number of aromatic hydroxyl groups is 1. The molecule has 11 nitrogen and oxygen atoms in total. The Hall–Kier alpha value is -4.78. The van der Waals surface area contributed by atoms with Crippen molar-refractivity contribution in [1.82, 2.24) is 9.88 Å². The highest BCUT2D eigenvalue weighted by Gasteiger charge is 2.62. The number of esters is 1. The number of hydrogen-bond acceptors (Lipinski definition) is 10. The van der Waals surface area contributed by atoms with Gasteiger partial charge in [0.25, 0.3) is 5.88 Å². The Kier molecular flexibility index (Phi) is 7.53. The number of benzene rings is 2. The average Bonchev–Trinajstić information content (AvgIpc) is 3.46. The lowest BCUT2D eigenvalue weighted by Gasteiger charge is -2.60. The van der Waals surface area contributed by atoms with Crippen molar-refractivity contribution in [2.24, 2.45) is 28.0 Å². The van der Waals surface area contributed by atoms with Gasteiger partial charge in [-0.15, -0.1) is 0 Å². The smallest absolute Gasteiger partial charge is 0.311 e. The Morgan fingerprint density at radius 1 is 1.09 bits per heavy atom. The quantitative estimate of drug-likeness (QED) is 0.148. The molecule has 4 N–H and O–H groups in total. The first-order valence-corrected chi connectivity index (χ1v) is 15.5. The third-order valence-electron chi connectivity index (χ3n) is 9.84. The molecule has 0 spiro atoms. The van der Waals surface area contributed by atoms with Gasteiger partial charge in [0.2, 0.25) is 11.6 Å². The zero-order valence-electron chi connectivity index (χ0n) is 26.0. The lowest BCUT2D eigenvalue weighted by Crippen LogP contribution is -2.60. The number of carbonyl (C=O) groups excluding carboxylic acids is 1. The third kappa shape index (κ3) is 5.52. The fourth-order valence-corrected chi connectivity index (χ4v) is 8.27. The van der Waals surface area contributed by atoms with Gasteiger partial charge >= 0.3 is 5.97 Å². The number of nitrogens with one attached hydrogen (secondary N) is 1. The van der Waals surface area contributed by atoms with E-state index >= 15 is 8.78 Å². The summed E-state index contributed by atoms with van der Waals surface area (Å²) >= 11 is 0. The van der Waals surface area contributed by atoms with Gasteiger partial charge in [-0.1, -0.05) is 0 Å². The van der Waals surface area contributed by atoms with Gasteiger partial charge in [-0.05, 0) is 87.4 Å². The Morgan fingerprint density at radius 3 is 2.53 bits per heavy atom. The van der Waals surface area contributed by atoms with E-state index in [-0.39, 0.29) is 34.6 Å². The number of methoxy groups -OCH3 is 1. The maximum atomic E-state index is 15.8. The highest BCUT2D eigenvalue weighted by Crippen LogP contribution is 2.63. The van der Waals surface area contributed by atoms with E-state index < -0.39 is 40.4 Å². The molecule has 1 aromatic heterocycles. The van der Waals surface area contributed by atoms with Gasteiger partial charge in [0, 0.05) is 30.3 Å². The van der Waals surface area contributed by atoms with Crippen LogP contribution in [0.2, 0.25) is 0 Å². The molecule has 4 bridgehead atoms. The van der Waals surface area contributed by atoms with Crippen LogP contribution < -0.4 is 19.9 Å². The van der Waals surface area contributed by atoms with Crippen molar-refractivity contribution in [2.75, 3.05) is 20.7 Å². The number of phenolic OH excluding ortho intramolecular Hbond substituents is 1. The molecule has 0 saturated heterocycles. The number of carbonyl (C=O) groups is 1. The zero-order valence-corrected chi connectivity index (χ0v) is 26.0. The van der Waals surface area contributed by atoms with Gasteiger partial charge in [0.05, 0.1) is 18.7 Å². The Bertz CT molecular complexity index is 1790. The number of ether oxygens (including phenoxy) is 4. The summed E-state index contributed by atoms with van der Waals surface area (Å²) in [6, 6.07) is 8.93. The van der Waals surface area contributed by atoms with Gasteiger partial charge in [-0.3, -0.25) is 20.1 Å². The number of aliphatic imine (C=N–C) groups is 1. The molecule has 4 fully saturated rings. The molecule has 246 valence electrons. The summed E-state index contributed by atoms with van der Waals surface area (Å²) in [6.07, 6.45) is 6.98. The van der Waals surface area contributed by atoms with Crippen LogP contribution in [0.15, 0.2) is 47.6 Å². The molecule has 1 aliphatic heterocycles. The maximum Gasteiger partial charge on any atom is 0.311 e. The molecule has 4 aliphatic carbocycles. The first kappa shape index (κ1) is 30.9. The van der Waals surface area contributed by atoms with E-state index in [1.807, 2.05) is 11.9 Å². The number of nitrogens with two attached hydrogens (primary N) is 1. The Balaban J connectivity index is 1.21. The normalized spacial score (nSPS) is 27.5. The molecule has 2 aromatic carbocycles. The minimum absolute atomic E-state index is 0.140. The van der Waals surface area contributed by atoms with Crippen LogP contribution in [0.3, 0.4) is 0 Å². The van der Waals surface area contributed by atoms with E-state index in [2.05, 4.69) is 9.98 Å². The van der Waals surface area contributed by atoms with Crippen LogP contribution in [0.25, 0.3) is 0 Å². The summed E-state index contributed by atoms with van der Waals surface area (Å²) in [5.74, 6) is -3.35. The van der Waals surface area contributed by atoms with Crippen LogP contribution >= 0.6 is 0 Å². The van der Waals surface area contributed by atoms with E-state index in [1.165, 1.54) is 25.3 Å². The largest absolute Gasteiger partial charge is 0.504 e. The molecule has 3 unspecified atom stereocenters. The number of nitrogen functional groups attached to an aromatic ring is 1. The molecule has 2 heterocycles. The van der Waals surface area contributed by atoms with E-state index in [0.29, 0.717) is 36.1 Å². The first-order valence-electron chi connectivity index (χ1n) is 15.5. The molecular formula is C34H35F2N5O6. The van der Waals surface area contributed by atoms with Gasteiger partial charge in [-0.2, -0.15) is 4.39 Å². The van der Waals surface area contributed by atoms with Crippen molar-refractivity contribution in [3.05, 3.63) is 65.4 Å². The summed E-state index contributed by atoms with van der Waals surface area (Å²) in [5, 5.41) is 17.9. The number of rotatable bonds is 9. The SMILES string of the molecule is COC(=O)C12CC3CC(CC(Oc4ccc(Oc5c(F)cnc(Oc6cc(C(=N)N)ccc6O)c5F)c(C5N=CCN5C)c4)(C3)C1)C2. The standard InChI is InChI=1S/C34H35F2N5O6/c1-41-8-7-39-30(41)22-11-21(47-34-14-18-9-19(15-34)13-33(12-18,17-34)32(43)44-2)4-6-25(22)45-28-23(35)16-40-31(27(28)36)46-26-10-20(29(37)38)3-5-24(26)42/h3-7,10-11,16,18-19,30,42H,8-9,12-15,17H2,1-2H3,(H3,37,38). The topological polar surface area (TPSA) is 153 Å². The monoisotopic (exact) mass is 647 g/mol. The van der Waals surface area contributed by atoms with Crippen molar-refractivity contribution < 1.29 is 37.6 Å². The molecule has 0 amide bonds. The number of aromatic nitrogens is 1. The van der Waals surface area contributed by atoms with E-state index in [0.717, 1.165) is 38.3 Å². The maximum absolute atomic E-state index is 15.8. The van der Waals surface area contributed by atoms with Crippen LogP contribution in [-0.2, 0) is 9.53 Å². The van der Waals surface area contributed by atoms with Crippen LogP contribution in [0.5, 0.6) is 34.6 Å². The molecule has 3 atom stereocenters. The van der Waals surface area contributed by atoms with Gasteiger partial charge < -0.3 is 29.8 Å². The molecule has 47 heavy (non-hydrogen) atoms. The summed E-state index contributed by atoms with van der Waals surface area (Å²) in [6.45, 7) is 0.558. The van der Waals surface area contributed by atoms with Gasteiger partial charge in [0.1, 0.15) is 29.1 Å². The fourth-order valence-electron chi connectivity index (χ4n) is 8.27. The second-order valence-electron chi connectivity index (χ2n) is 13.2. The number of amidine groups is 1. The number of phenols is 1. The predicted octanol–water partition coefficient (Wildman–Crippen LogP) is 5.84. The van der Waals surface area contributed by atoms with Crippen LogP contribution in [0.4, 0.5) is 8.78 Å². The number of halogens is 2. The van der Waals surface area contributed by atoms with Crippen molar-refractivity contribution in [2.45, 2.75) is 50.3 Å². The van der Waals surface area contributed by atoms with Gasteiger partial charge in [-0.25, -0.2) is 9.37 Å². The van der Waals surface area contributed by atoms with Gasteiger partial charge in [0.15, 0.2) is 17.3 Å². The molecule has 0 radical (unpaired) electrons. The van der Waals surface area contributed by atoms with Crippen LogP contribution in [-0.4, -0.2) is 59.3 Å². The predicted molar refractivity (Wildman–Crippen MR) is 166 cm³/mol. The molecule has 8 rings (SSSR count). The van der Waals surface area contributed by atoms with Crippen molar-refractivity contribution in [1.29, 1.82) is 5.41 Å². The number of nitrogens with zero attached hydrogens (tertiary/aromatic N) is 3. The van der Waals surface area contributed by atoms with E-state index in [4.69, 9.17) is 30.1 Å². The first-order chi connectivity index (χ1) is 22.5. The minimum Gasteiger partial charge on any atom is -0.504 e. The minimum atomic E-state index is -1.24. The molecule has 4 saturated carbocycles. The Labute approximate surface area is 269 Å². The zero-order chi connectivity index (χ0) is 33.1. The van der Waals surface area contributed by atoms with E-state index in [9.17, 15) is 9.90 Å². The highest BCUT2D eigenvalue weighted by atomic mass is 19.1. The summed E-state index contributed by atoms with van der Waals surface area (Å²) in [5.41, 5.74) is 5.21. The molecular weight excluding hydrogens is 612 g/mol. The highest BCUT2D eigenvalue weighted by molar-refractivity contribution is 5.95. The molecule has 3 aromatic rings. The van der Waals surface area contributed by atoms with Crippen LogP contribution in [0.1, 0.15) is 55.8 Å². The second-order valence-corrected chi connectivity index (χ2v) is 13.2. The third-order valence-corrected chi connectivity index (χ3v) is 9.84.